The normalized spacial score (nSPS) is 16.9. The molecule has 1 unspecified atom stereocenters. The molecule has 1 saturated heterocycles. The van der Waals surface area contributed by atoms with Crippen molar-refractivity contribution < 1.29 is 19.1 Å². The predicted octanol–water partition coefficient (Wildman–Crippen LogP) is 4.43. The van der Waals surface area contributed by atoms with Crippen molar-refractivity contribution in [3.05, 3.63) is 60.9 Å². The molecule has 138 valence electrons. The van der Waals surface area contributed by atoms with Gasteiger partial charge < -0.3 is 19.2 Å². The number of piperidine rings is 1. The average Bonchev–Trinajstić information content (AvgIpc) is 3.20. The minimum Gasteiger partial charge on any atom is -0.481 e. The number of oxazole rings is 1. The molecule has 0 saturated carbocycles. The molecule has 1 fully saturated rings. The summed E-state index contributed by atoms with van der Waals surface area (Å²) in [6, 6.07) is 17.7. The van der Waals surface area contributed by atoms with Crippen LogP contribution in [-0.2, 0) is 4.79 Å². The first-order valence-electron chi connectivity index (χ1n) is 8.95. The van der Waals surface area contributed by atoms with Crippen molar-refractivity contribution in [3.8, 4) is 22.8 Å². The van der Waals surface area contributed by atoms with Gasteiger partial charge in [-0.05, 0) is 49.2 Å². The summed E-state index contributed by atoms with van der Waals surface area (Å²) in [6.07, 6.45) is 3.12. The summed E-state index contributed by atoms with van der Waals surface area (Å²) in [5.41, 5.74) is 1.63. The van der Waals surface area contributed by atoms with Crippen molar-refractivity contribution in [2.24, 2.45) is 5.92 Å². The van der Waals surface area contributed by atoms with E-state index in [1.807, 2.05) is 59.5 Å². The number of ether oxygens (including phenoxy) is 1. The number of hydrogen-bond acceptors (Lipinski definition) is 5. The van der Waals surface area contributed by atoms with Crippen LogP contribution in [-0.4, -0.2) is 29.1 Å². The van der Waals surface area contributed by atoms with Gasteiger partial charge >= 0.3 is 5.97 Å². The highest BCUT2D eigenvalue weighted by Gasteiger charge is 2.27. The van der Waals surface area contributed by atoms with Gasteiger partial charge in [-0.2, -0.15) is 4.98 Å². The van der Waals surface area contributed by atoms with Crippen LogP contribution in [0.1, 0.15) is 12.8 Å². The van der Waals surface area contributed by atoms with Crippen molar-refractivity contribution in [2.75, 3.05) is 18.0 Å². The van der Waals surface area contributed by atoms with Gasteiger partial charge in [-0.3, -0.25) is 4.79 Å². The van der Waals surface area contributed by atoms with Crippen LogP contribution in [0.15, 0.2) is 65.3 Å². The van der Waals surface area contributed by atoms with Crippen molar-refractivity contribution in [1.29, 1.82) is 0 Å². The third-order valence-corrected chi connectivity index (χ3v) is 4.66. The van der Waals surface area contributed by atoms with E-state index >= 15 is 0 Å². The number of hydrogen-bond donors (Lipinski definition) is 1. The number of carbonyl (C=O) groups is 1. The van der Waals surface area contributed by atoms with Crippen molar-refractivity contribution in [1.82, 2.24) is 4.98 Å². The smallest absolute Gasteiger partial charge is 0.308 e. The third-order valence-electron chi connectivity index (χ3n) is 4.66. The number of rotatable bonds is 5. The second-order valence-corrected chi connectivity index (χ2v) is 6.58. The zero-order valence-corrected chi connectivity index (χ0v) is 14.7. The molecule has 1 aromatic heterocycles. The van der Waals surface area contributed by atoms with Crippen LogP contribution in [0.2, 0.25) is 0 Å². The summed E-state index contributed by atoms with van der Waals surface area (Å²) in [7, 11) is 0. The maximum absolute atomic E-state index is 11.2. The third kappa shape index (κ3) is 3.95. The van der Waals surface area contributed by atoms with E-state index in [1.54, 1.807) is 6.26 Å². The van der Waals surface area contributed by atoms with Gasteiger partial charge in [0.1, 0.15) is 23.5 Å². The van der Waals surface area contributed by atoms with Crippen LogP contribution >= 0.6 is 0 Å². The fraction of sp³-hybridized carbons (Fsp3) is 0.238. The summed E-state index contributed by atoms with van der Waals surface area (Å²) in [6.45, 7) is 1.19. The Balaban J connectivity index is 1.46. The van der Waals surface area contributed by atoms with E-state index in [4.69, 9.17) is 9.15 Å². The topological polar surface area (TPSA) is 75.8 Å². The molecule has 6 heteroatoms. The Morgan fingerprint density at radius 2 is 1.85 bits per heavy atom. The van der Waals surface area contributed by atoms with E-state index in [2.05, 4.69) is 4.98 Å². The molecule has 3 aromatic rings. The molecule has 0 bridgehead atoms. The highest BCUT2D eigenvalue weighted by atomic mass is 16.5. The van der Waals surface area contributed by atoms with Gasteiger partial charge in [0.15, 0.2) is 0 Å². The number of para-hydroxylation sites is 1. The van der Waals surface area contributed by atoms with Gasteiger partial charge in [-0.15, -0.1) is 0 Å². The Bertz CT molecular complexity index is 905. The number of aromatic nitrogens is 1. The minimum absolute atomic E-state index is 0.372. The summed E-state index contributed by atoms with van der Waals surface area (Å²) in [4.78, 5) is 17.7. The summed E-state index contributed by atoms with van der Waals surface area (Å²) in [5.74, 6) is 0.394. The maximum Gasteiger partial charge on any atom is 0.308 e. The molecule has 1 aliphatic heterocycles. The van der Waals surface area contributed by atoms with Crippen molar-refractivity contribution in [3.63, 3.8) is 0 Å². The van der Waals surface area contributed by atoms with E-state index in [0.717, 1.165) is 30.0 Å². The van der Waals surface area contributed by atoms with E-state index < -0.39 is 5.97 Å². The first-order chi connectivity index (χ1) is 13.2. The number of carboxylic acid groups (broad SMARTS) is 1. The van der Waals surface area contributed by atoms with Crippen LogP contribution in [0.5, 0.6) is 11.5 Å². The van der Waals surface area contributed by atoms with Crippen LogP contribution in [0.25, 0.3) is 11.3 Å². The molecule has 4 rings (SSSR count). The molecule has 0 spiro atoms. The van der Waals surface area contributed by atoms with Crippen LogP contribution < -0.4 is 9.64 Å². The molecule has 27 heavy (non-hydrogen) atoms. The molecule has 0 aliphatic carbocycles. The zero-order chi connectivity index (χ0) is 18.6. The summed E-state index contributed by atoms with van der Waals surface area (Å²) >= 11 is 0. The number of carboxylic acids is 1. The minimum atomic E-state index is -0.763. The first-order valence-corrected chi connectivity index (χ1v) is 8.95. The molecule has 1 atom stereocenters. The second-order valence-electron chi connectivity index (χ2n) is 6.58. The Labute approximate surface area is 157 Å². The lowest BCUT2D eigenvalue weighted by Crippen LogP contribution is -2.38. The van der Waals surface area contributed by atoms with Gasteiger partial charge in [0.2, 0.25) is 0 Å². The number of nitrogens with zero attached hydrogens (tertiary/aromatic N) is 2. The molecular formula is C21H20N2O4. The van der Waals surface area contributed by atoms with E-state index in [-0.39, 0.29) is 5.92 Å². The summed E-state index contributed by atoms with van der Waals surface area (Å²) in [5, 5.41) is 9.23. The van der Waals surface area contributed by atoms with Crippen molar-refractivity contribution >= 4 is 12.0 Å². The van der Waals surface area contributed by atoms with Crippen molar-refractivity contribution in [2.45, 2.75) is 12.8 Å². The van der Waals surface area contributed by atoms with Crippen LogP contribution in [0.3, 0.4) is 0 Å². The molecule has 1 N–H and O–H groups in total. The molecule has 0 amide bonds. The SMILES string of the molecule is O=C(O)C1CCCN(c2nc(-c3ccc(Oc4ccccc4)cc3)co2)C1. The van der Waals surface area contributed by atoms with E-state index in [1.165, 1.54) is 0 Å². The monoisotopic (exact) mass is 364 g/mol. The van der Waals surface area contributed by atoms with E-state index in [0.29, 0.717) is 24.7 Å². The fourth-order valence-corrected chi connectivity index (χ4v) is 3.21. The lowest BCUT2D eigenvalue weighted by Gasteiger charge is -2.29. The zero-order valence-electron chi connectivity index (χ0n) is 14.7. The quantitative estimate of drug-likeness (QED) is 0.721. The lowest BCUT2D eigenvalue weighted by molar-refractivity contribution is -0.141. The largest absolute Gasteiger partial charge is 0.481 e. The maximum atomic E-state index is 11.2. The van der Waals surface area contributed by atoms with Gasteiger partial charge in [0, 0.05) is 18.7 Å². The average molecular weight is 364 g/mol. The number of benzene rings is 2. The molecule has 6 nitrogen and oxygen atoms in total. The van der Waals surface area contributed by atoms with E-state index in [9.17, 15) is 9.90 Å². The Hall–Kier alpha value is -3.28. The highest BCUT2D eigenvalue weighted by Crippen LogP contribution is 2.28. The lowest BCUT2D eigenvalue weighted by atomic mass is 9.99. The van der Waals surface area contributed by atoms with Gasteiger partial charge in [-0.25, -0.2) is 0 Å². The Morgan fingerprint density at radius 3 is 2.59 bits per heavy atom. The summed E-state index contributed by atoms with van der Waals surface area (Å²) < 4.78 is 11.4. The molecule has 0 radical (unpaired) electrons. The number of anilines is 1. The van der Waals surface area contributed by atoms with Gasteiger partial charge in [0.25, 0.3) is 6.01 Å². The Kier molecular flexibility index (Phi) is 4.78. The number of aliphatic carboxylic acids is 1. The van der Waals surface area contributed by atoms with Gasteiger partial charge in [-0.1, -0.05) is 18.2 Å². The Morgan fingerprint density at radius 1 is 1.11 bits per heavy atom. The highest BCUT2D eigenvalue weighted by molar-refractivity contribution is 5.71. The molecule has 1 aliphatic rings. The van der Waals surface area contributed by atoms with Crippen LogP contribution in [0.4, 0.5) is 6.01 Å². The molecular weight excluding hydrogens is 344 g/mol. The standard InChI is InChI=1S/C21H20N2O4/c24-20(25)16-5-4-12-23(13-16)21-22-19(14-26-21)15-8-10-18(11-9-15)27-17-6-2-1-3-7-17/h1-3,6-11,14,16H,4-5,12-13H2,(H,24,25). The first kappa shape index (κ1) is 17.1. The molecule has 2 aromatic carbocycles. The second kappa shape index (κ2) is 7.53. The fourth-order valence-electron chi connectivity index (χ4n) is 3.21. The predicted molar refractivity (Wildman–Crippen MR) is 101 cm³/mol. The van der Waals surface area contributed by atoms with Crippen LogP contribution in [0, 0.1) is 5.92 Å². The molecule has 2 heterocycles. The van der Waals surface area contributed by atoms with Gasteiger partial charge in [0.05, 0.1) is 5.92 Å².